The highest BCUT2D eigenvalue weighted by molar-refractivity contribution is 5.27. The Kier molecular flexibility index (Phi) is 6.52. The molecule has 1 aliphatic carbocycles. The molecule has 21 heavy (non-hydrogen) atoms. The van der Waals surface area contributed by atoms with E-state index in [0.717, 1.165) is 24.1 Å². The fourth-order valence-electron chi connectivity index (χ4n) is 2.94. The van der Waals surface area contributed by atoms with Gasteiger partial charge in [0.2, 0.25) is 0 Å². The first-order chi connectivity index (χ1) is 10.1. The van der Waals surface area contributed by atoms with Gasteiger partial charge in [0.15, 0.2) is 0 Å². The van der Waals surface area contributed by atoms with Crippen molar-refractivity contribution in [3.05, 3.63) is 29.8 Å². The van der Waals surface area contributed by atoms with Crippen molar-refractivity contribution < 1.29 is 9.84 Å². The van der Waals surface area contributed by atoms with Crippen molar-refractivity contribution in [1.82, 2.24) is 5.32 Å². The third kappa shape index (κ3) is 6.06. The lowest BCUT2D eigenvalue weighted by Crippen LogP contribution is -2.35. The van der Waals surface area contributed by atoms with E-state index in [1.54, 1.807) is 0 Å². The van der Waals surface area contributed by atoms with Gasteiger partial charge in [0.1, 0.15) is 18.5 Å². The smallest absolute Gasteiger partial charge is 0.119 e. The highest BCUT2D eigenvalue weighted by atomic mass is 16.5. The molecular weight excluding hydrogens is 262 g/mol. The van der Waals surface area contributed by atoms with E-state index in [0.29, 0.717) is 13.2 Å². The molecule has 1 aliphatic rings. The predicted octanol–water partition coefficient (Wildman–Crippen LogP) is 3.15. The van der Waals surface area contributed by atoms with Crippen LogP contribution >= 0.6 is 0 Å². The first-order valence-corrected chi connectivity index (χ1v) is 8.21. The van der Waals surface area contributed by atoms with Crippen LogP contribution in [0.25, 0.3) is 0 Å². The fourth-order valence-corrected chi connectivity index (χ4v) is 2.94. The largest absolute Gasteiger partial charge is 0.491 e. The molecule has 0 aliphatic heterocycles. The lowest BCUT2D eigenvalue weighted by Gasteiger charge is -2.26. The monoisotopic (exact) mass is 291 g/mol. The van der Waals surface area contributed by atoms with Crippen molar-refractivity contribution in [1.29, 1.82) is 0 Å². The molecule has 1 saturated carbocycles. The van der Waals surface area contributed by atoms with Gasteiger partial charge >= 0.3 is 0 Å². The summed E-state index contributed by atoms with van der Waals surface area (Å²) in [6.07, 6.45) is 4.90. The molecule has 0 heterocycles. The Morgan fingerprint density at radius 3 is 2.76 bits per heavy atom. The first-order valence-electron chi connectivity index (χ1n) is 8.21. The van der Waals surface area contributed by atoms with Crippen LogP contribution in [-0.2, 0) is 0 Å². The van der Waals surface area contributed by atoms with Crippen LogP contribution in [0.5, 0.6) is 5.75 Å². The summed E-state index contributed by atoms with van der Waals surface area (Å²) in [5.41, 5.74) is 1.17. The van der Waals surface area contributed by atoms with E-state index in [4.69, 9.17) is 4.74 Å². The van der Waals surface area contributed by atoms with Crippen LogP contribution in [0, 0.1) is 18.8 Å². The second-order valence-electron chi connectivity index (χ2n) is 6.57. The molecule has 0 saturated heterocycles. The van der Waals surface area contributed by atoms with Crippen molar-refractivity contribution in [2.75, 3.05) is 19.7 Å². The molecule has 3 heteroatoms. The molecule has 1 aromatic rings. The molecule has 2 N–H and O–H groups in total. The van der Waals surface area contributed by atoms with Gasteiger partial charge in [-0.3, -0.25) is 0 Å². The van der Waals surface area contributed by atoms with E-state index in [-0.39, 0.29) is 0 Å². The second kappa shape index (κ2) is 8.40. The van der Waals surface area contributed by atoms with E-state index < -0.39 is 6.10 Å². The van der Waals surface area contributed by atoms with Crippen LogP contribution in [0.3, 0.4) is 0 Å². The zero-order valence-corrected chi connectivity index (χ0v) is 13.3. The SMILES string of the molecule is Cc1cccc(OCC(O)CNCC2CCC(C)CC2)c1. The predicted molar refractivity (Wildman–Crippen MR) is 86.7 cm³/mol. The fraction of sp³-hybridized carbons (Fsp3) is 0.667. The average Bonchev–Trinajstić information content (AvgIpc) is 2.47. The highest BCUT2D eigenvalue weighted by Gasteiger charge is 2.18. The molecule has 118 valence electrons. The van der Waals surface area contributed by atoms with E-state index in [1.165, 1.54) is 31.2 Å². The lowest BCUT2D eigenvalue weighted by molar-refractivity contribution is 0.104. The normalized spacial score (nSPS) is 23.8. The molecular formula is C18H29NO2. The first kappa shape index (κ1) is 16.3. The number of nitrogens with one attached hydrogen (secondary N) is 1. The Bertz CT molecular complexity index is 413. The molecule has 3 nitrogen and oxygen atoms in total. The van der Waals surface area contributed by atoms with Gasteiger partial charge in [-0.05, 0) is 55.8 Å². The minimum Gasteiger partial charge on any atom is -0.491 e. The van der Waals surface area contributed by atoms with Gasteiger partial charge in [-0.2, -0.15) is 0 Å². The summed E-state index contributed by atoms with van der Waals surface area (Å²) in [5.74, 6) is 2.51. The van der Waals surface area contributed by atoms with Crippen LogP contribution in [0.15, 0.2) is 24.3 Å². The molecule has 2 rings (SSSR count). The molecule has 1 aromatic carbocycles. The summed E-state index contributed by atoms with van der Waals surface area (Å²) in [4.78, 5) is 0. The molecule has 0 radical (unpaired) electrons. The van der Waals surface area contributed by atoms with Crippen molar-refractivity contribution in [2.24, 2.45) is 11.8 Å². The summed E-state index contributed by atoms with van der Waals surface area (Å²) in [5, 5.41) is 13.4. The zero-order valence-electron chi connectivity index (χ0n) is 13.3. The molecule has 0 amide bonds. The summed E-state index contributed by atoms with van der Waals surface area (Å²) in [6.45, 7) is 6.36. The molecule has 0 spiro atoms. The second-order valence-corrected chi connectivity index (χ2v) is 6.57. The number of hydrogen-bond donors (Lipinski definition) is 2. The van der Waals surface area contributed by atoms with E-state index in [1.807, 2.05) is 31.2 Å². The van der Waals surface area contributed by atoms with Gasteiger partial charge in [-0.15, -0.1) is 0 Å². The summed E-state index contributed by atoms with van der Waals surface area (Å²) < 4.78 is 5.62. The van der Waals surface area contributed by atoms with Crippen molar-refractivity contribution in [2.45, 2.75) is 45.6 Å². The maximum absolute atomic E-state index is 9.96. The van der Waals surface area contributed by atoms with Gasteiger partial charge in [0, 0.05) is 6.54 Å². The number of benzene rings is 1. The van der Waals surface area contributed by atoms with Crippen LogP contribution in [0.2, 0.25) is 0 Å². The lowest BCUT2D eigenvalue weighted by atomic mass is 9.83. The third-order valence-electron chi connectivity index (χ3n) is 4.38. The molecule has 1 atom stereocenters. The Morgan fingerprint density at radius 1 is 1.29 bits per heavy atom. The van der Waals surface area contributed by atoms with Crippen molar-refractivity contribution in [3.63, 3.8) is 0 Å². The number of aliphatic hydroxyl groups excluding tert-OH is 1. The number of hydrogen-bond acceptors (Lipinski definition) is 3. The number of aliphatic hydroxyl groups is 1. The average molecular weight is 291 g/mol. The van der Waals surface area contributed by atoms with Gasteiger partial charge < -0.3 is 15.2 Å². The Balaban J connectivity index is 1.58. The topological polar surface area (TPSA) is 41.5 Å². The van der Waals surface area contributed by atoms with Gasteiger partial charge in [-0.25, -0.2) is 0 Å². The molecule has 0 aromatic heterocycles. The summed E-state index contributed by atoms with van der Waals surface area (Å²) in [6, 6.07) is 7.93. The van der Waals surface area contributed by atoms with Crippen LogP contribution in [0.1, 0.15) is 38.2 Å². The van der Waals surface area contributed by atoms with Crippen LogP contribution in [-0.4, -0.2) is 30.9 Å². The molecule has 0 bridgehead atoms. The zero-order chi connectivity index (χ0) is 15.1. The van der Waals surface area contributed by atoms with Gasteiger partial charge in [0.25, 0.3) is 0 Å². The van der Waals surface area contributed by atoms with Gasteiger partial charge in [0.05, 0.1) is 0 Å². The Hall–Kier alpha value is -1.06. The molecule has 1 unspecified atom stereocenters. The summed E-state index contributed by atoms with van der Waals surface area (Å²) in [7, 11) is 0. The standard InChI is InChI=1S/C18H29NO2/c1-14-6-8-16(9-7-14)11-19-12-17(20)13-21-18-5-3-4-15(2)10-18/h3-5,10,14,16-17,19-20H,6-9,11-13H2,1-2H3. The quantitative estimate of drug-likeness (QED) is 0.811. The highest BCUT2D eigenvalue weighted by Crippen LogP contribution is 2.27. The van der Waals surface area contributed by atoms with Crippen molar-refractivity contribution >= 4 is 0 Å². The van der Waals surface area contributed by atoms with Crippen molar-refractivity contribution in [3.8, 4) is 5.75 Å². The Labute approximate surface area is 128 Å². The van der Waals surface area contributed by atoms with Crippen LogP contribution < -0.4 is 10.1 Å². The maximum atomic E-state index is 9.96. The van der Waals surface area contributed by atoms with E-state index in [9.17, 15) is 5.11 Å². The third-order valence-corrected chi connectivity index (χ3v) is 4.38. The molecule has 1 fully saturated rings. The number of ether oxygens (including phenoxy) is 1. The number of rotatable bonds is 7. The van der Waals surface area contributed by atoms with E-state index >= 15 is 0 Å². The van der Waals surface area contributed by atoms with E-state index in [2.05, 4.69) is 12.2 Å². The van der Waals surface area contributed by atoms with Gasteiger partial charge in [-0.1, -0.05) is 31.9 Å². The summed E-state index contributed by atoms with van der Waals surface area (Å²) >= 11 is 0. The maximum Gasteiger partial charge on any atom is 0.119 e. The minimum absolute atomic E-state index is 0.345. The number of aryl methyl sites for hydroxylation is 1. The minimum atomic E-state index is -0.451. The Morgan fingerprint density at radius 2 is 2.05 bits per heavy atom. The van der Waals surface area contributed by atoms with Crippen LogP contribution in [0.4, 0.5) is 0 Å².